The van der Waals surface area contributed by atoms with Gasteiger partial charge in [0.05, 0.1) is 16.7 Å². The van der Waals surface area contributed by atoms with Crippen molar-refractivity contribution in [1.29, 1.82) is 0 Å². The van der Waals surface area contributed by atoms with Crippen LogP contribution in [0.1, 0.15) is 18.2 Å². The summed E-state index contributed by atoms with van der Waals surface area (Å²) in [6.07, 6.45) is 9.45. The molecule has 0 saturated heterocycles. The second-order valence-electron chi connectivity index (χ2n) is 14.7. The standard InChI is InChI=1S/C51H32N4/c1-2-13-33(14-3-1)49-52-50(34-25-26-37-40-21-10-15-32-16-11-22-41(47(32)40)44(37)30-34)54-51(53-49)43-28-29-46(38-19-7-6-18-36(38)43)55-45-23-9-8-20-39(45)42-27-24-31-12-4-5-17-35(31)48(42)55/h1-13,15-30,33H,14H2. The van der Waals surface area contributed by atoms with E-state index in [-0.39, 0.29) is 5.92 Å². The summed E-state index contributed by atoms with van der Waals surface area (Å²) in [5.74, 6) is 2.23. The van der Waals surface area contributed by atoms with Gasteiger partial charge in [-0.3, -0.25) is 0 Å². The number of aromatic nitrogens is 4. The normalized spacial score (nSPS) is 14.5. The third-order valence-electron chi connectivity index (χ3n) is 11.7. The van der Waals surface area contributed by atoms with Gasteiger partial charge >= 0.3 is 0 Å². The molecule has 4 heteroatoms. The molecule has 55 heavy (non-hydrogen) atoms. The molecule has 2 heterocycles. The van der Waals surface area contributed by atoms with Gasteiger partial charge in [-0.05, 0) is 74.5 Å². The Morgan fingerprint density at radius 1 is 0.473 bits per heavy atom. The number of para-hydroxylation sites is 1. The molecule has 256 valence electrons. The lowest BCUT2D eigenvalue weighted by molar-refractivity contribution is 0.764. The highest BCUT2D eigenvalue weighted by molar-refractivity contribution is 6.20. The zero-order valence-corrected chi connectivity index (χ0v) is 29.8. The highest BCUT2D eigenvalue weighted by atomic mass is 15.0. The van der Waals surface area contributed by atoms with Crippen LogP contribution in [-0.4, -0.2) is 19.5 Å². The third kappa shape index (κ3) is 4.49. The molecule has 0 amide bonds. The van der Waals surface area contributed by atoms with Crippen molar-refractivity contribution in [3.8, 4) is 50.7 Å². The van der Waals surface area contributed by atoms with E-state index in [0.717, 1.165) is 39.8 Å². The highest BCUT2D eigenvalue weighted by Gasteiger charge is 2.24. The predicted molar refractivity (Wildman–Crippen MR) is 228 cm³/mol. The zero-order chi connectivity index (χ0) is 36.0. The first-order valence-electron chi connectivity index (χ1n) is 19.0. The molecule has 0 aliphatic heterocycles. The third-order valence-corrected chi connectivity index (χ3v) is 11.7. The summed E-state index contributed by atoms with van der Waals surface area (Å²) < 4.78 is 2.45. The van der Waals surface area contributed by atoms with Crippen LogP contribution in [0.5, 0.6) is 0 Å². The number of hydrogen-bond acceptors (Lipinski definition) is 3. The summed E-state index contributed by atoms with van der Waals surface area (Å²) >= 11 is 0. The van der Waals surface area contributed by atoms with Crippen LogP contribution in [0, 0.1) is 0 Å². The molecule has 2 aliphatic rings. The highest BCUT2D eigenvalue weighted by Crippen LogP contribution is 2.48. The van der Waals surface area contributed by atoms with E-state index in [9.17, 15) is 0 Å². The van der Waals surface area contributed by atoms with E-state index < -0.39 is 0 Å². The number of nitrogens with zero attached hydrogens (tertiary/aromatic N) is 4. The van der Waals surface area contributed by atoms with E-state index in [0.29, 0.717) is 11.6 Å². The molecule has 4 nitrogen and oxygen atoms in total. The van der Waals surface area contributed by atoms with Crippen molar-refractivity contribution < 1.29 is 0 Å². The smallest absolute Gasteiger partial charge is 0.164 e. The van der Waals surface area contributed by atoms with Crippen molar-refractivity contribution in [2.45, 2.75) is 12.3 Å². The lowest BCUT2D eigenvalue weighted by Gasteiger charge is -2.17. The maximum atomic E-state index is 5.30. The largest absolute Gasteiger partial charge is 0.308 e. The van der Waals surface area contributed by atoms with Crippen molar-refractivity contribution in [2.75, 3.05) is 0 Å². The van der Waals surface area contributed by atoms with E-state index in [4.69, 9.17) is 15.0 Å². The van der Waals surface area contributed by atoms with Gasteiger partial charge in [-0.1, -0.05) is 152 Å². The van der Waals surface area contributed by atoms with Crippen molar-refractivity contribution >= 4 is 54.1 Å². The van der Waals surface area contributed by atoms with Crippen LogP contribution in [-0.2, 0) is 0 Å². The zero-order valence-electron chi connectivity index (χ0n) is 29.8. The topological polar surface area (TPSA) is 43.6 Å². The molecule has 0 fully saturated rings. The fourth-order valence-corrected chi connectivity index (χ4v) is 9.16. The molecule has 2 aromatic heterocycles. The second-order valence-corrected chi connectivity index (χ2v) is 14.7. The Labute approximate surface area is 317 Å². The lowest BCUT2D eigenvalue weighted by Crippen LogP contribution is -2.08. The quantitative estimate of drug-likeness (QED) is 0.184. The number of rotatable bonds is 4. The first-order valence-corrected chi connectivity index (χ1v) is 19.0. The molecule has 1 atom stereocenters. The van der Waals surface area contributed by atoms with E-state index in [1.165, 1.54) is 65.6 Å². The van der Waals surface area contributed by atoms with Crippen molar-refractivity contribution in [1.82, 2.24) is 19.5 Å². The summed E-state index contributed by atoms with van der Waals surface area (Å²) in [6.45, 7) is 0. The van der Waals surface area contributed by atoms with E-state index >= 15 is 0 Å². The molecule has 10 aromatic rings. The van der Waals surface area contributed by atoms with Gasteiger partial charge in [0.15, 0.2) is 11.6 Å². The minimum Gasteiger partial charge on any atom is -0.308 e. The van der Waals surface area contributed by atoms with Crippen LogP contribution in [0.25, 0.3) is 105 Å². The van der Waals surface area contributed by atoms with Gasteiger partial charge in [0.25, 0.3) is 0 Å². The Morgan fingerprint density at radius 3 is 2.05 bits per heavy atom. The average molecular weight is 701 g/mol. The van der Waals surface area contributed by atoms with Crippen molar-refractivity contribution in [3.63, 3.8) is 0 Å². The van der Waals surface area contributed by atoms with Gasteiger partial charge in [-0.25, -0.2) is 15.0 Å². The van der Waals surface area contributed by atoms with Crippen LogP contribution in [0.2, 0.25) is 0 Å². The Bertz CT molecular complexity index is 3310. The fraction of sp³-hybridized carbons (Fsp3) is 0.0392. The van der Waals surface area contributed by atoms with Crippen LogP contribution in [0.4, 0.5) is 0 Å². The molecule has 1 unspecified atom stereocenters. The molecule has 0 saturated carbocycles. The fourth-order valence-electron chi connectivity index (χ4n) is 9.16. The predicted octanol–water partition coefficient (Wildman–Crippen LogP) is 13.0. The van der Waals surface area contributed by atoms with Gasteiger partial charge in [-0.15, -0.1) is 0 Å². The number of benzene rings is 8. The minimum absolute atomic E-state index is 0.0642. The lowest BCUT2D eigenvalue weighted by atomic mass is 9.98. The van der Waals surface area contributed by atoms with Crippen LogP contribution < -0.4 is 0 Å². The monoisotopic (exact) mass is 700 g/mol. The first-order chi connectivity index (χ1) is 27.3. The molecular formula is C51H32N4. The van der Waals surface area contributed by atoms with Gasteiger partial charge in [0.2, 0.25) is 0 Å². The summed E-state index contributed by atoms with van der Waals surface area (Å²) in [6, 6.07) is 55.0. The van der Waals surface area contributed by atoms with Gasteiger partial charge < -0.3 is 4.57 Å². The second kappa shape index (κ2) is 11.7. The number of allylic oxidation sites excluding steroid dienone is 4. The summed E-state index contributed by atoms with van der Waals surface area (Å²) in [5, 5.41) is 9.77. The maximum absolute atomic E-state index is 5.30. The van der Waals surface area contributed by atoms with E-state index in [1.807, 2.05) is 0 Å². The van der Waals surface area contributed by atoms with Crippen LogP contribution in [0.15, 0.2) is 176 Å². The van der Waals surface area contributed by atoms with Crippen LogP contribution >= 0.6 is 0 Å². The van der Waals surface area contributed by atoms with Gasteiger partial charge in [0, 0.05) is 38.6 Å². The summed E-state index contributed by atoms with van der Waals surface area (Å²) in [5.41, 5.74) is 10.5. The van der Waals surface area contributed by atoms with E-state index in [2.05, 4.69) is 181 Å². The van der Waals surface area contributed by atoms with E-state index in [1.54, 1.807) is 0 Å². The Morgan fingerprint density at radius 2 is 1.20 bits per heavy atom. The maximum Gasteiger partial charge on any atom is 0.164 e. The molecule has 12 rings (SSSR count). The summed E-state index contributed by atoms with van der Waals surface area (Å²) in [4.78, 5) is 15.8. The SMILES string of the molecule is C1=CCC(c2nc(-c3ccc4c(c3)-c3cccc5cccc-4c35)nc(-c3ccc(-n4c5ccccc5c5ccc6ccccc6c54)c4ccccc34)n2)C=C1. The molecule has 0 radical (unpaired) electrons. The molecule has 0 spiro atoms. The molecule has 8 aromatic carbocycles. The molecule has 0 N–H and O–H groups in total. The van der Waals surface area contributed by atoms with Crippen molar-refractivity contribution in [3.05, 3.63) is 182 Å². The minimum atomic E-state index is 0.0642. The Kier molecular flexibility index (Phi) is 6.43. The number of hydrogen-bond donors (Lipinski definition) is 0. The van der Waals surface area contributed by atoms with Gasteiger partial charge in [-0.2, -0.15) is 0 Å². The average Bonchev–Trinajstić information content (AvgIpc) is 3.77. The van der Waals surface area contributed by atoms with Crippen molar-refractivity contribution in [2.24, 2.45) is 0 Å². The molecular weight excluding hydrogens is 669 g/mol. The first kappa shape index (κ1) is 30.3. The Balaban J connectivity index is 1.08. The van der Waals surface area contributed by atoms with Gasteiger partial charge in [0.1, 0.15) is 5.82 Å². The Hall–Kier alpha value is -7.17. The molecule has 0 bridgehead atoms. The van der Waals surface area contributed by atoms with Crippen LogP contribution in [0.3, 0.4) is 0 Å². The molecule has 2 aliphatic carbocycles. The number of fused-ring (bicyclic) bond motifs is 9. The summed E-state index contributed by atoms with van der Waals surface area (Å²) in [7, 11) is 0.